The average molecular weight is 1420 g/mol. The van der Waals surface area contributed by atoms with Gasteiger partial charge >= 0.3 is 17.9 Å². The first-order valence-corrected chi connectivity index (χ1v) is 40.5. The summed E-state index contributed by atoms with van der Waals surface area (Å²) < 4.78 is 23.0. The number of unbranched alkanes of at least 4 members (excludes halogenated alkanes) is 19. The highest BCUT2D eigenvalue weighted by atomic mass is 16.7. The number of aliphatic carboxylic acids is 1. The van der Waals surface area contributed by atoms with Crippen LogP contribution in [0.1, 0.15) is 284 Å². The van der Waals surface area contributed by atoms with Crippen molar-refractivity contribution in [1.82, 2.24) is 0 Å². The van der Waals surface area contributed by atoms with Crippen LogP contribution in [0.25, 0.3) is 0 Å². The fourth-order valence-corrected chi connectivity index (χ4v) is 10.3. The summed E-state index contributed by atoms with van der Waals surface area (Å²) in [5, 5.41) is 9.78. The number of nitrogens with zero attached hydrogens (tertiary/aromatic N) is 1. The zero-order chi connectivity index (χ0) is 74.6. The van der Waals surface area contributed by atoms with Crippen molar-refractivity contribution in [2.45, 2.75) is 296 Å². The van der Waals surface area contributed by atoms with Crippen LogP contribution in [0.15, 0.2) is 231 Å². The van der Waals surface area contributed by atoms with Crippen LogP contribution >= 0.6 is 0 Å². The van der Waals surface area contributed by atoms with Gasteiger partial charge in [-0.25, -0.2) is 4.79 Å². The van der Waals surface area contributed by atoms with E-state index in [9.17, 15) is 19.5 Å². The first-order chi connectivity index (χ1) is 50.6. The molecule has 576 valence electrons. The SMILES string of the molecule is CC/C=C\C/C=C\C/C=C\C/C=C\C/C=C\C/C=C\C/C=C\C/C=C\C/C=C\C/C=C\CCCCCCCCCCCCC(=O)OC(COC(=O)CCCCCCCCCCC/C=C\C/C=C\C/C=C\C/C=C\C/C=C\C/C=C\C/C=C\C/C=C\C/C=C\CC)COC(OCC[N+](C)(C)C)C(=O)O. The maximum Gasteiger partial charge on any atom is 0.361 e. The number of hydrogen-bond donors (Lipinski definition) is 1. The number of ether oxygens (including phenoxy) is 4. The van der Waals surface area contributed by atoms with Gasteiger partial charge in [0.1, 0.15) is 13.2 Å². The minimum Gasteiger partial charge on any atom is -0.477 e. The fraction of sp³-hybridized carbons (Fsp3) is 0.564. The molecule has 0 saturated carbocycles. The van der Waals surface area contributed by atoms with Gasteiger partial charge in [-0.05, 0) is 161 Å². The molecule has 0 radical (unpaired) electrons. The van der Waals surface area contributed by atoms with E-state index in [2.05, 4.69) is 245 Å². The highest BCUT2D eigenvalue weighted by molar-refractivity contribution is 5.71. The molecule has 1 N–H and O–H groups in total. The quantitative estimate of drug-likeness (QED) is 0.0211. The molecule has 0 heterocycles. The van der Waals surface area contributed by atoms with E-state index in [1.807, 2.05) is 21.1 Å². The summed E-state index contributed by atoms with van der Waals surface area (Å²) >= 11 is 0. The topological polar surface area (TPSA) is 108 Å². The number of carboxylic acids is 1. The van der Waals surface area contributed by atoms with Crippen LogP contribution in [0.3, 0.4) is 0 Å². The molecule has 9 heteroatoms. The van der Waals surface area contributed by atoms with Crippen LogP contribution in [0.4, 0.5) is 0 Å². The minimum absolute atomic E-state index is 0.174. The highest BCUT2D eigenvalue weighted by Gasteiger charge is 2.25. The Labute approximate surface area is 631 Å². The van der Waals surface area contributed by atoms with Crippen LogP contribution in [0, 0.1) is 0 Å². The third kappa shape index (κ3) is 82.5. The Morgan fingerprint density at radius 3 is 0.777 bits per heavy atom. The molecule has 103 heavy (non-hydrogen) atoms. The second kappa shape index (κ2) is 81.0. The van der Waals surface area contributed by atoms with Crippen molar-refractivity contribution in [3.63, 3.8) is 0 Å². The molecule has 0 saturated heterocycles. The largest absolute Gasteiger partial charge is 0.477 e. The summed E-state index contributed by atoms with van der Waals surface area (Å²) in [6.07, 6.45) is 126. The predicted octanol–water partition coefficient (Wildman–Crippen LogP) is 26.6. The Hall–Kier alpha value is -6.65. The van der Waals surface area contributed by atoms with Crippen LogP contribution < -0.4 is 0 Å². The maximum absolute atomic E-state index is 13.0. The van der Waals surface area contributed by atoms with Crippen LogP contribution in [-0.4, -0.2) is 87.4 Å². The van der Waals surface area contributed by atoms with Gasteiger partial charge in [-0.2, -0.15) is 0 Å². The van der Waals surface area contributed by atoms with Gasteiger partial charge in [-0.1, -0.05) is 341 Å². The molecule has 0 aromatic rings. The molecule has 0 aromatic heterocycles. The summed E-state index contributed by atoms with van der Waals surface area (Å²) in [5.41, 5.74) is 0. The van der Waals surface area contributed by atoms with Crippen LogP contribution in [-0.2, 0) is 33.3 Å². The maximum atomic E-state index is 13.0. The van der Waals surface area contributed by atoms with Crippen LogP contribution in [0.2, 0.25) is 0 Å². The zero-order valence-corrected chi connectivity index (χ0v) is 65.9. The molecule has 0 aliphatic carbocycles. The molecular weight excluding hydrogens is 1270 g/mol. The number of carboxylic acid groups (broad SMARTS) is 1. The van der Waals surface area contributed by atoms with Gasteiger partial charge in [0.2, 0.25) is 0 Å². The highest BCUT2D eigenvalue weighted by Crippen LogP contribution is 2.16. The molecular formula is C94H148NO8+. The van der Waals surface area contributed by atoms with Crippen molar-refractivity contribution < 1.29 is 42.9 Å². The van der Waals surface area contributed by atoms with E-state index >= 15 is 0 Å². The Balaban J connectivity index is 4.16. The van der Waals surface area contributed by atoms with E-state index in [0.717, 1.165) is 180 Å². The summed E-state index contributed by atoms with van der Waals surface area (Å²) in [6.45, 7) is 4.62. The number of quaternary nitrogens is 1. The summed E-state index contributed by atoms with van der Waals surface area (Å²) in [5.74, 6) is -2.04. The van der Waals surface area contributed by atoms with Crippen molar-refractivity contribution in [2.24, 2.45) is 0 Å². The minimum atomic E-state index is -1.53. The first kappa shape index (κ1) is 96.4. The molecule has 0 bridgehead atoms. The molecule has 0 fully saturated rings. The third-order valence-electron chi connectivity index (χ3n) is 16.4. The molecule has 0 spiro atoms. The predicted molar refractivity (Wildman–Crippen MR) is 446 cm³/mol. The van der Waals surface area contributed by atoms with Crippen molar-refractivity contribution in [3.05, 3.63) is 231 Å². The number of carbonyl (C=O) groups is 3. The van der Waals surface area contributed by atoms with Crippen molar-refractivity contribution in [2.75, 3.05) is 47.5 Å². The van der Waals surface area contributed by atoms with Gasteiger partial charge in [-0.3, -0.25) is 9.59 Å². The summed E-state index contributed by atoms with van der Waals surface area (Å²) in [7, 11) is 5.97. The van der Waals surface area contributed by atoms with Gasteiger partial charge in [0.15, 0.2) is 6.10 Å². The molecule has 0 amide bonds. The normalized spacial score (nSPS) is 13.9. The van der Waals surface area contributed by atoms with E-state index in [0.29, 0.717) is 17.4 Å². The lowest BCUT2D eigenvalue weighted by molar-refractivity contribution is -0.870. The molecule has 0 aliphatic heterocycles. The molecule has 2 atom stereocenters. The zero-order valence-electron chi connectivity index (χ0n) is 65.9. The smallest absolute Gasteiger partial charge is 0.361 e. The second-order valence-electron chi connectivity index (χ2n) is 27.3. The van der Waals surface area contributed by atoms with E-state index in [4.69, 9.17) is 18.9 Å². The molecule has 0 rings (SSSR count). The first-order valence-electron chi connectivity index (χ1n) is 40.5. The molecule has 0 aromatic carbocycles. The second-order valence-corrected chi connectivity index (χ2v) is 27.3. The van der Waals surface area contributed by atoms with Gasteiger partial charge in [-0.15, -0.1) is 0 Å². The van der Waals surface area contributed by atoms with Crippen molar-refractivity contribution in [1.29, 1.82) is 0 Å². The molecule has 2 unspecified atom stereocenters. The number of carbonyl (C=O) groups excluding carboxylic acids is 2. The van der Waals surface area contributed by atoms with E-state index in [-0.39, 0.29) is 38.6 Å². The number of rotatable bonds is 72. The lowest BCUT2D eigenvalue weighted by atomic mass is 10.0. The Morgan fingerprint density at radius 2 is 0.524 bits per heavy atom. The Bertz CT molecular complexity index is 2560. The van der Waals surface area contributed by atoms with Gasteiger partial charge in [0.25, 0.3) is 6.29 Å². The molecule has 0 aliphatic rings. The van der Waals surface area contributed by atoms with E-state index in [1.165, 1.54) is 70.6 Å². The number of esters is 2. The number of allylic oxidation sites excluding steroid dienone is 38. The fourth-order valence-electron chi connectivity index (χ4n) is 10.3. The van der Waals surface area contributed by atoms with Crippen LogP contribution in [0.5, 0.6) is 0 Å². The van der Waals surface area contributed by atoms with E-state index < -0.39 is 24.3 Å². The summed E-state index contributed by atoms with van der Waals surface area (Å²) in [6, 6.07) is 0. The van der Waals surface area contributed by atoms with E-state index in [1.54, 1.807) is 0 Å². The lowest BCUT2D eigenvalue weighted by Crippen LogP contribution is -2.40. The average Bonchev–Trinajstić information content (AvgIpc) is 1.01. The number of likely N-dealkylation sites (N-methyl/N-ethyl adjacent to an activating group) is 1. The number of hydrogen-bond acceptors (Lipinski definition) is 7. The van der Waals surface area contributed by atoms with Crippen molar-refractivity contribution in [3.8, 4) is 0 Å². The summed E-state index contributed by atoms with van der Waals surface area (Å²) in [4.78, 5) is 37.8. The van der Waals surface area contributed by atoms with Gasteiger partial charge < -0.3 is 28.5 Å². The van der Waals surface area contributed by atoms with Gasteiger partial charge in [0, 0.05) is 12.8 Å². The lowest BCUT2D eigenvalue weighted by Gasteiger charge is -2.25. The van der Waals surface area contributed by atoms with Crippen molar-refractivity contribution >= 4 is 17.9 Å². The Morgan fingerprint density at radius 1 is 0.291 bits per heavy atom. The molecule has 9 nitrogen and oxygen atoms in total. The van der Waals surface area contributed by atoms with Gasteiger partial charge in [0.05, 0.1) is 34.4 Å². The third-order valence-corrected chi connectivity index (χ3v) is 16.4. The monoisotopic (exact) mass is 1420 g/mol. The Kier molecular flexibility index (Phi) is 75.8. The standard InChI is InChI=1S/C94H147NO8/c1-6-8-10-12-14-16-18-20-22-24-26-28-30-32-34-36-38-40-42-44-45-46-47-49-51-53-55-57-59-61-63-65-67-69-71-73-75-77-79-81-83-85-92(97)103-90(89-102-94(93(98)99)100-87-86-95(3,4)5)88-101-91(96)84-82-80-78-76-74-72-70-68-66-64-62-60-58-56-54-52-50-48-43-41-39-37-35-33-31-29-27-25-23-21-19-17-15-13-11-9-7-2/h8-11,14-17,20-23,26-29,32-35,38-41,44-45,47-50,53-56,59-62,90,94H,6-7,12-13,18-19,24-25,30-31,36-37,42-43,46,51-52,57-58,63-89H2,1-5H3/p+1/b10-8-,11-9-,16-14-,17-15-,22-20-,23-21-,28-26-,29-27-,34-32-,35-33-,40-38-,41-39-,45-44-,49-47-,50-48-,55-53-,56-54-,61-59-,62-60-.